The van der Waals surface area contributed by atoms with E-state index in [-0.39, 0.29) is 0 Å². The quantitative estimate of drug-likeness (QED) is 0.474. The lowest BCUT2D eigenvalue weighted by Gasteiger charge is -2.01. The fourth-order valence-electron chi connectivity index (χ4n) is 0.909. The number of nitrogens with one attached hydrogen (secondary N) is 1. The minimum absolute atomic E-state index is 0.479. The van der Waals surface area contributed by atoms with Gasteiger partial charge >= 0.3 is 6.03 Å². The number of nitrogens with two attached hydrogens (primary N) is 1. The zero-order chi connectivity index (χ0) is 10.1. The Kier molecular flexibility index (Phi) is 6.32. The molecule has 13 heavy (non-hydrogen) atoms. The van der Waals surface area contributed by atoms with Crippen molar-refractivity contribution in [2.24, 2.45) is 5.73 Å². The molecular formula is C10H16N2O. The number of carbonyl (C=O) groups excluding carboxylic acids is 1. The minimum atomic E-state index is -0.479. The number of hydrogen-bond acceptors (Lipinski definition) is 1. The van der Waals surface area contributed by atoms with Gasteiger partial charge in [-0.1, -0.05) is 31.4 Å². The van der Waals surface area contributed by atoms with Crippen LogP contribution in [0.2, 0.25) is 0 Å². The van der Waals surface area contributed by atoms with Gasteiger partial charge in [-0.25, -0.2) is 4.79 Å². The fourth-order valence-corrected chi connectivity index (χ4v) is 0.909. The molecular weight excluding hydrogens is 164 g/mol. The van der Waals surface area contributed by atoms with Gasteiger partial charge in [-0.2, -0.15) is 0 Å². The van der Waals surface area contributed by atoms with Gasteiger partial charge in [0, 0.05) is 6.54 Å². The van der Waals surface area contributed by atoms with Gasteiger partial charge in [0.15, 0.2) is 0 Å². The summed E-state index contributed by atoms with van der Waals surface area (Å²) in [6.45, 7) is 7.85. The molecule has 0 spiro atoms. The third-order valence-electron chi connectivity index (χ3n) is 1.54. The van der Waals surface area contributed by atoms with Crippen molar-refractivity contribution < 1.29 is 4.79 Å². The second-order valence-electron chi connectivity index (χ2n) is 2.58. The number of hydrogen-bond donors (Lipinski definition) is 2. The number of carbonyl (C=O) groups is 1. The van der Waals surface area contributed by atoms with E-state index in [0.717, 1.165) is 18.4 Å². The highest BCUT2D eigenvalue weighted by Gasteiger charge is 1.93. The Hall–Kier alpha value is -1.51. The average molecular weight is 180 g/mol. The first-order chi connectivity index (χ1) is 6.20. The topological polar surface area (TPSA) is 55.1 Å². The molecule has 0 atom stereocenters. The van der Waals surface area contributed by atoms with Crippen molar-refractivity contribution in [2.45, 2.75) is 12.8 Å². The Morgan fingerprint density at radius 2 is 2.15 bits per heavy atom. The largest absolute Gasteiger partial charge is 0.352 e. The van der Waals surface area contributed by atoms with Crippen LogP contribution >= 0.6 is 0 Å². The molecule has 2 amide bonds. The summed E-state index contributed by atoms with van der Waals surface area (Å²) in [5.74, 6) is 0. The summed E-state index contributed by atoms with van der Waals surface area (Å²) >= 11 is 0. The number of amides is 2. The van der Waals surface area contributed by atoms with Gasteiger partial charge in [-0.15, -0.1) is 0 Å². The average Bonchev–Trinajstić information content (AvgIpc) is 2.10. The van der Waals surface area contributed by atoms with E-state index < -0.39 is 6.03 Å². The summed E-state index contributed by atoms with van der Waals surface area (Å²) in [6, 6.07) is -0.479. The Balaban J connectivity index is 3.61. The number of urea groups is 1. The molecule has 0 aliphatic heterocycles. The van der Waals surface area contributed by atoms with Crippen LogP contribution in [-0.2, 0) is 0 Å². The standard InChI is InChI=1S/C10H16N2O/c1-3-6-9(4-2)7-5-8-12-10(11)13/h3-4,6H,1-2,5,7-8H2,(H3,11,12,13)/b9-6+. The maximum Gasteiger partial charge on any atom is 0.312 e. The first-order valence-electron chi connectivity index (χ1n) is 4.18. The lowest BCUT2D eigenvalue weighted by Crippen LogP contribution is -2.29. The van der Waals surface area contributed by atoms with Gasteiger partial charge in [0.25, 0.3) is 0 Å². The molecule has 0 aliphatic carbocycles. The van der Waals surface area contributed by atoms with E-state index >= 15 is 0 Å². The first kappa shape index (κ1) is 11.5. The highest BCUT2D eigenvalue weighted by atomic mass is 16.2. The van der Waals surface area contributed by atoms with Crippen LogP contribution in [-0.4, -0.2) is 12.6 Å². The molecule has 0 unspecified atom stereocenters. The van der Waals surface area contributed by atoms with Gasteiger partial charge in [0.2, 0.25) is 0 Å². The zero-order valence-corrected chi connectivity index (χ0v) is 7.75. The molecule has 0 aromatic rings. The molecule has 0 bridgehead atoms. The van der Waals surface area contributed by atoms with Crippen LogP contribution in [0.1, 0.15) is 12.8 Å². The monoisotopic (exact) mass is 180 g/mol. The van der Waals surface area contributed by atoms with Gasteiger partial charge in [0.1, 0.15) is 0 Å². The Bertz CT molecular complexity index is 219. The van der Waals surface area contributed by atoms with Crippen LogP contribution in [0, 0.1) is 0 Å². The maximum atomic E-state index is 10.3. The van der Waals surface area contributed by atoms with Crippen LogP contribution in [0.25, 0.3) is 0 Å². The molecule has 0 saturated carbocycles. The number of primary amides is 1. The molecule has 72 valence electrons. The zero-order valence-electron chi connectivity index (χ0n) is 7.75. The van der Waals surface area contributed by atoms with Crippen molar-refractivity contribution in [3.63, 3.8) is 0 Å². The van der Waals surface area contributed by atoms with Crippen LogP contribution < -0.4 is 11.1 Å². The summed E-state index contributed by atoms with van der Waals surface area (Å²) in [6.07, 6.45) is 7.13. The van der Waals surface area contributed by atoms with E-state index in [1.165, 1.54) is 0 Å². The molecule has 0 fully saturated rings. The van der Waals surface area contributed by atoms with Crippen molar-refractivity contribution in [1.82, 2.24) is 5.32 Å². The van der Waals surface area contributed by atoms with E-state index in [1.807, 2.05) is 6.08 Å². The number of allylic oxidation sites excluding steroid dienone is 4. The summed E-state index contributed by atoms with van der Waals surface area (Å²) in [4.78, 5) is 10.3. The van der Waals surface area contributed by atoms with E-state index in [0.29, 0.717) is 6.54 Å². The van der Waals surface area contributed by atoms with Crippen LogP contribution in [0.5, 0.6) is 0 Å². The van der Waals surface area contributed by atoms with Gasteiger partial charge in [-0.05, 0) is 18.4 Å². The number of rotatable bonds is 6. The third-order valence-corrected chi connectivity index (χ3v) is 1.54. The van der Waals surface area contributed by atoms with E-state index in [1.54, 1.807) is 12.2 Å². The normalized spacial score (nSPS) is 10.6. The SMILES string of the molecule is C=C/C=C(\C=C)CCCNC(N)=O. The molecule has 0 radical (unpaired) electrons. The molecule has 0 aromatic heterocycles. The third kappa shape index (κ3) is 6.87. The lowest BCUT2D eigenvalue weighted by molar-refractivity contribution is 0.249. The van der Waals surface area contributed by atoms with Crippen LogP contribution in [0.15, 0.2) is 37.0 Å². The maximum absolute atomic E-state index is 10.3. The summed E-state index contributed by atoms with van der Waals surface area (Å²) < 4.78 is 0. The molecule has 3 heteroatoms. The molecule has 0 rings (SSSR count). The highest BCUT2D eigenvalue weighted by Crippen LogP contribution is 2.04. The van der Waals surface area contributed by atoms with Gasteiger partial charge in [0.05, 0.1) is 0 Å². The Labute approximate surface area is 79.0 Å². The van der Waals surface area contributed by atoms with Crippen molar-refractivity contribution in [2.75, 3.05) is 6.54 Å². The predicted molar refractivity (Wildman–Crippen MR) is 55.3 cm³/mol. The molecule has 0 saturated heterocycles. The van der Waals surface area contributed by atoms with Crippen molar-refractivity contribution in [3.8, 4) is 0 Å². The molecule has 3 N–H and O–H groups in total. The minimum Gasteiger partial charge on any atom is -0.352 e. The van der Waals surface area contributed by atoms with Crippen LogP contribution in [0.4, 0.5) is 4.79 Å². The highest BCUT2D eigenvalue weighted by molar-refractivity contribution is 5.71. The van der Waals surface area contributed by atoms with Gasteiger partial charge in [-0.3, -0.25) is 0 Å². The molecule has 0 heterocycles. The molecule has 3 nitrogen and oxygen atoms in total. The first-order valence-corrected chi connectivity index (χ1v) is 4.18. The van der Waals surface area contributed by atoms with E-state index in [2.05, 4.69) is 18.5 Å². The molecule has 0 aromatic carbocycles. The smallest absolute Gasteiger partial charge is 0.312 e. The lowest BCUT2D eigenvalue weighted by atomic mass is 10.1. The Morgan fingerprint density at radius 1 is 1.46 bits per heavy atom. The summed E-state index contributed by atoms with van der Waals surface area (Å²) in [7, 11) is 0. The summed E-state index contributed by atoms with van der Waals surface area (Å²) in [5.41, 5.74) is 6.01. The second kappa shape index (κ2) is 7.16. The fraction of sp³-hybridized carbons (Fsp3) is 0.300. The van der Waals surface area contributed by atoms with Gasteiger partial charge < -0.3 is 11.1 Å². The van der Waals surface area contributed by atoms with Crippen molar-refractivity contribution >= 4 is 6.03 Å². The second-order valence-corrected chi connectivity index (χ2v) is 2.58. The van der Waals surface area contributed by atoms with Crippen LogP contribution in [0.3, 0.4) is 0 Å². The Morgan fingerprint density at radius 3 is 2.62 bits per heavy atom. The van der Waals surface area contributed by atoms with Crippen molar-refractivity contribution in [1.29, 1.82) is 0 Å². The van der Waals surface area contributed by atoms with Crippen molar-refractivity contribution in [3.05, 3.63) is 37.0 Å². The summed E-state index contributed by atoms with van der Waals surface area (Å²) in [5, 5.41) is 2.52. The van der Waals surface area contributed by atoms with E-state index in [9.17, 15) is 4.79 Å². The molecule has 0 aliphatic rings. The predicted octanol–water partition coefficient (Wildman–Crippen LogP) is 1.73. The van der Waals surface area contributed by atoms with E-state index in [4.69, 9.17) is 5.73 Å².